The average molecular weight is 378 g/mol. The number of halogens is 1. The second-order valence-electron chi connectivity index (χ2n) is 6.22. The zero-order valence-corrected chi connectivity index (χ0v) is 13.8. The van der Waals surface area contributed by atoms with Crippen molar-refractivity contribution >= 4 is 28.4 Å². The van der Waals surface area contributed by atoms with Gasteiger partial charge in [0.15, 0.2) is 5.41 Å². The molecule has 102 valence electrons. The predicted octanol–water partition coefficient (Wildman–Crippen LogP) is 3.65. The fourth-order valence-electron chi connectivity index (χ4n) is 2.67. The Balaban J connectivity index is 2.46. The van der Waals surface area contributed by atoms with Gasteiger partial charge in [-0.25, -0.2) is 0 Å². The molecule has 0 heterocycles. The summed E-state index contributed by atoms with van der Waals surface area (Å²) in [6, 6.07) is 11.9. The molecule has 0 radical (unpaired) electrons. The lowest BCUT2D eigenvalue weighted by Gasteiger charge is -2.16. The molecule has 0 bridgehead atoms. The van der Waals surface area contributed by atoms with Crippen LogP contribution >= 0.6 is 22.6 Å². The van der Waals surface area contributed by atoms with E-state index in [1.165, 1.54) is 0 Å². The van der Waals surface area contributed by atoms with Crippen LogP contribution < -0.4 is 0 Å². The number of hydrogen-bond donors (Lipinski definition) is 0. The standard InChI is InChI=1S/C16H15IN2O/c1-15(2,3)14(20)13-12(16(13,8-18)9-19)10-5-4-6-11(17)7-10/h4-7,12-13H,1-3H3/t12-,13+/m1/s1. The number of nitrogens with zero attached hydrogens (tertiary/aromatic N) is 2. The Morgan fingerprint density at radius 2 is 1.90 bits per heavy atom. The molecular weight excluding hydrogens is 363 g/mol. The van der Waals surface area contributed by atoms with Gasteiger partial charge in [-0.3, -0.25) is 4.79 Å². The molecule has 4 heteroatoms. The third-order valence-corrected chi connectivity index (χ3v) is 4.48. The first-order chi connectivity index (χ1) is 9.28. The van der Waals surface area contributed by atoms with Crippen molar-refractivity contribution in [3.8, 4) is 12.1 Å². The maximum Gasteiger partial charge on any atom is 0.161 e. The lowest BCUT2D eigenvalue weighted by Crippen LogP contribution is -2.24. The van der Waals surface area contributed by atoms with Crippen molar-refractivity contribution in [3.05, 3.63) is 33.4 Å². The molecule has 1 aromatic rings. The zero-order chi connectivity index (χ0) is 15.1. The summed E-state index contributed by atoms with van der Waals surface area (Å²) in [5, 5.41) is 18.8. The minimum Gasteiger partial charge on any atom is -0.299 e. The normalized spacial score (nSPS) is 23.5. The van der Waals surface area contributed by atoms with Crippen LogP contribution in [0.25, 0.3) is 0 Å². The highest BCUT2D eigenvalue weighted by Crippen LogP contribution is 2.66. The first-order valence-electron chi connectivity index (χ1n) is 6.40. The minimum atomic E-state index is -1.20. The van der Waals surface area contributed by atoms with Crippen LogP contribution in [0.3, 0.4) is 0 Å². The van der Waals surface area contributed by atoms with Crippen LogP contribution in [-0.4, -0.2) is 5.78 Å². The zero-order valence-electron chi connectivity index (χ0n) is 11.6. The molecule has 2 rings (SSSR count). The van der Waals surface area contributed by atoms with Crippen molar-refractivity contribution in [2.24, 2.45) is 16.7 Å². The van der Waals surface area contributed by atoms with E-state index in [4.69, 9.17) is 0 Å². The highest BCUT2D eigenvalue weighted by atomic mass is 127. The van der Waals surface area contributed by atoms with Crippen molar-refractivity contribution in [2.45, 2.75) is 26.7 Å². The second-order valence-corrected chi connectivity index (χ2v) is 7.46. The van der Waals surface area contributed by atoms with Gasteiger partial charge >= 0.3 is 0 Å². The molecule has 0 amide bonds. The molecule has 1 aromatic carbocycles. The van der Waals surface area contributed by atoms with Crippen LogP contribution in [0.2, 0.25) is 0 Å². The summed E-state index contributed by atoms with van der Waals surface area (Å²) in [5.41, 5.74) is -0.836. The van der Waals surface area contributed by atoms with Crippen molar-refractivity contribution in [1.29, 1.82) is 10.5 Å². The summed E-state index contributed by atoms with van der Waals surface area (Å²) in [5.74, 6) is -0.834. The fraction of sp³-hybridized carbons (Fsp3) is 0.438. The SMILES string of the molecule is CC(C)(C)C(=O)[C@@H]1[C@@H](c2cccc(I)c2)C1(C#N)C#N. The van der Waals surface area contributed by atoms with E-state index in [1.54, 1.807) is 0 Å². The van der Waals surface area contributed by atoms with Gasteiger partial charge in [-0.1, -0.05) is 32.9 Å². The molecule has 0 N–H and O–H groups in total. The maximum atomic E-state index is 12.5. The van der Waals surface area contributed by atoms with E-state index in [2.05, 4.69) is 34.7 Å². The highest BCUT2D eigenvalue weighted by molar-refractivity contribution is 14.1. The lowest BCUT2D eigenvalue weighted by molar-refractivity contribution is -0.128. The van der Waals surface area contributed by atoms with Crippen LogP contribution in [-0.2, 0) is 4.79 Å². The quantitative estimate of drug-likeness (QED) is 0.738. The molecular formula is C16H15IN2O. The van der Waals surface area contributed by atoms with Crippen LogP contribution in [0, 0.1) is 43.0 Å². The molecule has 1 saturated carbocycles. The van der Waals surface area contributed by atoms with E-state index in [1.807, 2.05) is 45.0 Å². The number of carbonyl (C=O) groups excluding carboxylic acids is 1. The third-order valence-electron chi connectivity index (χ3n) is 3.80. The first-order valence-corrected chi connectivity index (χ1v) is 7.48. The third kappa shape index (κ3) is 2.23. The fourth-order valence-corrected chi connectivity index (χ4v) is 3.24. The van der Waals surface area contributed by atoms with Crippen molar-refractivity contribution in [2.75, 3.05) is 0 Å². The van der Waals surface area contributed by atoms with Crippen LogP contribution in [0.4, 0.5) is 0 Å². The minimum absolute atomic E-state index is 0.00976. The molecule has 0 unspecified atom stereocenters. The summed E-state index contributed by atoms with van der Waals surface area (Å²) in [7, 11) is 0. The number of ketones is 1. The van der Waals surface area contributed by atoms with Gasteiger partial charge in [0, 0.05) is 14.9 Å². The Labute approximate surface area is 132 Å². The van der Waals surface area contributed by atoms with Gasteiger partial charge < -0.3 is 0 Å². The van der Waals surface area contributed by atoms with Gasteiger partial charge in [-0.2, -0.15) is 10.5 Å². The Bertz CT molecular complexity index is 632. The summed E-state index contributed by atoms with van der Waals surface area (Å²) in [6.07, 6.45) is 0. The maximum absolute atomic E-state index is 12.5. The number of rotatable bonds is 2. The van der Waals surface area contributed by atoms with E-state index in [0.29, 0.717) is 0 Å². The molecule has 0 saturated heterocycles. The van der Waals surface area contributed by atoms with Gasteiger partial charge in [0.05, 0.1) is 18.1 Å². The van der Waals surface area contributed by atoms with Crippen LogP contribution in [0.15, 0.2) is 24.3 Å². The Kier molecular flexibility index (Phi) is 3.64. The van der Waals surface area contributed by atoms with Crippen molar-refractivity contribution in [1.82, 2.24) is 0 Å². The Morgan fingerprint density at radius 3 is 2.35 bits per heavy atom. The topological polar surface area (TPSA) is 64.7 Å². The van der Waals surface area contributed by atoms with Crippen molar-refractivity contribution < 1.29 is 4.79 Å². The molecule has 0 spiro atoms. The van der Waals surface area contributed by atoms with Crippen LogP contribution in [0.1, 0.15) is 32.3 Å². The Morgan fingerprint density at radius 1 is 1.30 bits per heavy atom. The number of benzene rings is 1. The Hall–Kier alpha value is -1.40. The molecule has 1 aliphatic rings. The van der Waals surface area contributed by atoms with Gasteiger partial charge in [0.1, 0.15) is 5.78 Å². The molecule has 1 fully saturated rings. The smallest absolute Gasteiger partial charge is 0.161 e. The molecule has 0 aliphatic heterocycles. The van der Waals surface area contributed by atoms with Gasteiger partial charge in [-0.15, -0.1) is 0 Å². The average Bonchev–Trinajstić information content (AvgIpc) is 3.06. The molecule has 1 aliphatic carbocycles. The summed E-state index contributed by atoms with van der Waals surface area (Å²) >= 11 is 2.19. The molecule has 2 atom stereocenters. The summed E-state index contributed by atoms with van der Waals surface area (Å²) < 4.78 is 1.04. The number of carbonyl (C=O) groups is 1. The van der Waals surface area contributed by atoms with E-state index < -0.39 is 16.7 Å². The van der Waals surface area contributed by atoms with Gasteiger partial charge in [-0.05, 0) is 40.3 Å². The predicted molar refractivity (Wildman–Crippen MR) is 83.5 cm³/mol. The van der Waals surface area contributed by atoms with E-state index in [-0.39, 0.29) is 11.7 Å². The van der Waals surface area contributed by atoms with E-state index in [0.717, 1.165) is 9.13 Å². The monoisotopic (exact) mass is 378 g/mol. The number of nitriles is 2. The summed E-state index contributed by atoms with van der Waals surface area (Å²) in [6.45, 7) is 5.50. The lowest BCUT2D eigenvalue weighted by atomic mass is 9.85. The van der Waals surface area contributed by atoms with Gasteiger partial charge in [0.25, 0.3) is 0 Å². The first kappa shape index (κ1) is 15.0. The van der Waals surface area contributed by atoms with E-state index in [9.17, 15) is 15.3 Å². The summed E-state index contributed by atoms with van der Waals surface area (Å²) in [4.78, 5) is 12.5. The van der Waals surface area contributed by atoms with Crippen LogP contribution in [0.5, 0.6) is 0 Å². The second kappa shape index (κ2) is 4.86. The molecule has 3 nitrogen and oxygen atoms in total. The molecule has 20 heavy (non-hydrogen) atoms. The van der Waals surface area contributed by atoms with E-state index >= 15 is 0 Å². The number of Topliss-reactive ketones (excluding diaryl/α,β-unsaturated/α-hetero) is 1. The van der Waals surface area contributed by atoms with Gasteiger partial charge in [0.2, 0.25) is 0 Å². The molecule has 0 aromatic heterocycles. The highest BCUT2D eigenvalue weighted by Gasteiger charge is 2.71. The largest absolute Gasteiger partial charge is 0.299 e. The number of hydrogen-bond acceptors (Lipinski definition) is 3. The van der Waals surface area contributed by atoms with Crippen molar-refractivity contribution in [3.63, 3.8) is 0 Å².